The molecule has 2 aromatic carbocycles. The highest BCUT2D eigenvalue weighted by atomic mass is 79.9. The maximum absolute atomic E-state index is 12.0. The summed E-state index contributed by atoms with van der Waals surface area (Å²) >= 11 is 3.29. The molecule has 0 aliphatic carbocycles. The average Bonchev–Trinajstić information content (AvgIpc) is 2.60. The Labute approximate surface area is 157 Å². The number of carbonyl (C=O) groups excluding carboxylic acids is 2. The van der Waals surface area contributed by atoms with Gasteiger partial charge in [-0.2, -0.15) is 0 Å². The summed E-state index contributed by atoms with van der Waals surface area (Å²) in [4.78, 5) is 33.8. The lowest BCUT2D eigenvalue weighted by Gasteiger charge is -2.14. The Hall–Kier alpha value is -2.94. The Balaban J connectivity index is 1.82. The van der Waals surface area contributed by atoms with Crippen molar-refractivity contribution in [1.82, 2.24) is 0 Å². The number of rotatable bonds is 7. The van der Waals surface area contributed by atoms with E-state index < -0.39 is 22.9 Å². The van der Waals surface area contributed by atoms with Crippen molar-refractivity contribution < 1.29 is 24.0 Å². The first-order chi connectivity index (χ1) is 12.3. The zero-order chi connectivity index (χ0) is 19.1. The number of anilines is 1. The first-order valence-corrected chi connectivity index (χ1v) is 8.27. The van der Waals surface area contributed by atoms with Crippen molar-refractivity contribution in [3.8, 4) is 5.75 Å². The highest BCUT2D eigenvalue weighted by molar-refractivity contribution is 9.10. The molecule has 0 heterocycles. The first-order valence-electron chi connectivity index (χ1n) is 7.48. The van der Waals surface area contributed by atoms with Crippen molar-refractivity contribution in [2.24, 2.45) is 0 Å². The van der Waals surface area contributed by atoms with Crippen LogP contribution in [-0.2, 0) is 14.3 Å². The Morgan fingerprint density at radius 2 is 1.92 bits per heavy atom. The predicted octanol–water partition coefficient (Wildman–Crippen LogP) is 3.31. The lowest BCUT2D eigenvalue weighted by atomic mass is 10.2. The van der Waals surface area contributed by atoms with E-state index in [1.807, 2.05) is 6.07 Å². The molecular weight excluding hydrogens is 408 g/mol. The lowest BCUT2D eigenvalue weighted by molar-refractivity contribution is -0.384. The summed E-state index contributed by atoms with van der Waals surface area (Å²) in [6, 6.07) is 12.2. The lowest BCUT2D eigenvalue weighted by Crippen LogP contribution is -2.31. The minimum atomic E-state index is -1.05. The minimum Gasteiger partial charge on any atom is -0.482 e. The number of amides is 1. The van der Waals surface area contributed by atoms with E-state index in [1.54, 1.807) is 18.2 Å². The summed E-state index contributed by atoms with van der Waals surface area (Å²) in [5.74, 6) is -0.773. The number of hydrogen-bond acceptors (Lipinski definition) is 6. The Bertz CT molecular complexity index is 809. The van der Waals surface area contributed by atoms with Crippen LogP contribution in [0.25, 0.3) is 0 Å². The molecule has 1 atom stereocenters. The van der Waals surface area contributed by atoms with Crippen LogP contribution in [0.1, 0.15) is 6.92 Å². The van der Waals surface area contributed by atoms with Crippen molar-refractivity contribution in [3.63, 3.8) is 0 Å². The monoisotopic (exact) mass is 422 g/mol. The Kier molecular flexibility index (Phi) is 6.67. The highest BCUT2D eigenvalue weighted by Gasteiger charge is 2.18. The van der Waals surface area contributed by atoms with Crippen molar-refractivity contribution in [2.75, 3.05) is 11.9 Å². The zero-order valence-corrected chi connectivity index (χ0v) is 15.3. The van der Waals surface area contributed by atoms with Gasteiger partial charge in [-0.25, -0.2) is 4.79 Å². The maximum Gasteiger partial charge on any atom is 0.344 e. The number of non-ortho nitro benzene ring substituents is 1. The Morgan fingerprint density at radius 1 is 1.23 bits per heavy atom. The SMILES string of the molecule is CC(OC(=O)COc1cccc(Br)c1)C(=O)Nc1ccc([N+](=O)[O-])cc1. The third-order valence-corrected chi connectivity index (χ3v) is 3.67. The summed E-state index contributed by atoms with van der Waals surface area (Å²) in [6.45, 7) is 1.07. The molecule has 0 saturated heterocycles. The van der Waals surface area contributed by atoms with E-state index in [1.165, 1.54) is 31.2 Å². The molecule has 0 saturated carbocycles. The molecule has 0 aliphatic heterocycles. The maximum atomic E-state index is 12.0. The molecule has 136 valence electrons. The van der Waals surface area contributed by atoms with Gasteiger partial charge in [0.05, 0.1) is 4.92 Å². The molecule has 0 spiro atoms. The van der Waals surface area contributed by atoms with Crippen LogP contribution in [0.3, 0.4) is 0 Å². The van der Waals surface area contributed by atoms with Crippen molar-refractivity contribution >= 4 is 39.2 Å². The number of ether oxygens (including phenoxy) is 2. The third-order valence-electron chi connectivity index (χ3n) is 3.18. The van der Waals surface area contributed by atoms with Crippen LogP contribution in [0.15, 0.2) is 53.0 Å². The van der Waals surface area contributed by atoms with Gasteiger partial charge in [0.25, 0.3) is 11.6 Å². The number of halogens is 1. The molecular formula is C17H15BrN2O6. The molecule has 0 fully saturated rings. The summed E-state index contributed by atoms with van der Waals surface area (Å²) in [6.07, 6.45) is -1.05. The van der Waals surface area contributed by atoms with Crippen molar-refractivity contribution in [2.45, 2.75) is 13.0 Å². The largest absolute Gasteiger partial charge is 0.482 e. The molecule has 26 heavy (non-hydrogen) atoms. The number of carbonyl (C=O) groups is 2. The smallest absolute Gasteiger partial charge is 0.344 e. The molecule has 0 aromatic heterocycles. The standard InChI is InChI=1S/C17H15BrN2O6/c1-11(17(22)19-13-5-7-14(8-6-13)20(23)24)26-16(21)10-25-15-4-2-3-12(18)9-15/h2-9,11H,10H2,1H3,(H,19,22). The second-order valence-electron chi connectivity index (χ2n) is 5.17. The van der Waals surface area contributed by atoms with Crippen molar-refractivity contribution in [1.29, 1.82) is 0 Å². The van der Waals surface area contributed by atoms with Gasteiger partial charge < -0.3 is 14.8 Å². The van der Waals surface area contributed by atoms with Crippen LogP contribution in [0.5, 0.6) is 5.75 Å². The molecule has 2 aromatic rings. The minimum absolute atomic E-state index is 0.0906. The van der Waals surface area contributed by atoms with E-state index in [0.717, 1.165) is 4.47 Å². The van der Waals surface area contributed by atoms with E-state index in [4.69, 9.17) is 9.47 Å². The predicted molar refractivity (Wildman–Crippen MR) is 96.9 cm³/mol. The summed E-state index contributed by atoms with van der Waals surface area (Å²) < 4.78 is 11.1. The van der Waals surface area contributed by atoms with Crippen LogP contribution in [0.2, 0.25) is 0 Å². The number of benzene rings is 2. The van der Waals surface area contributed by atoms with Gasteiger partial charge in [-0.05, 0) is 37.3 Å². The summed E-state index contributed by atoms with van der Waals surface area (Å²) in [5.41, 5.74) is 0.265. The number of nitrogens with zero attached hydrogens (tertiary/aromatic N) is 1. The summed E-state index contributed by atoms with van der Waals surface area (Å²) in [5, 5.41) is 13.1. The van der Waals surface area contributed by atoms with Gasteiger partial charge in [0, 0.05) is 22.3 Å². The fraction of sp³-hybridized carbons (Fsp3) is 0.176. The van der Waals surface area contributed by atoms with Gasteiger partial charge in [-0.1, -0.05) is 22.0 Å². The average molecular weight is 423 g/mol. The first kappa shape index (κ1) is 19.4. The second-order valence-corrected chi connectivity index (χ2v) is 6.09. The fourth-order valence-electron chi connectivity index (χ4n) is 1.89. The molecule has 0 aliphatic rings. The Morgan fingerprint density at radius 3 is 2.54 bits per heavy atom. The van der Waals surface area contributed by atoms with Crippen molar-refractivity contribution in [3.05, 3.63) is 63.1 Å². The van der Waals surface area contributed by atoms with Crippen LogP contribution < -0.4 is 10.1 Å². The normalized spacial score (nSPS) is 11.3. The molecule has 1 amide bonds. The number of esters is 1. The van der Waals surface area contributed by atoms with Gasteiger partial charge in [0.1, 0.15) is 5.75 Å². The van der Waals surface area contributed by atoms with Gasteiger partial charge in [0.2, 0.25) is 0 Å². The zero-order valence-electron chi connectivity index (χ0n) is 13.7. The number of nitrogens with one attached hydrogen (secondary N) is 1. The van der Waals surface area contributed by atoms with Gasteiger partial charge in [0.15, 0.2) is 12.7 Å². The molecule has 1 unspecified atom stereocenters. The van der Waals surface area contributed by atoms with Crippen LogP contribution in [0.4, 0.5) is 11.4 Å². The van der Waals surface area contributed by atoms with Gasteiger partial charge >= 0.3 is 5.97 Å². The number of nitro benzene ring substituents is 1. The topological polar surface area (TPSA) is 108 Å². The third kappa shape index (κ3) is 5.85. The van der Waals surface area contributed by atoms with E-state index in [2.05, 4.69) is 21.2 Å². The molecule has 0 bridgehead atoms. The van der Waals surface area contributed by atoms with E-state index in [0.29, 0.717) is 11.4 Å². The highest BCUT2D eigenvalue weighted by Crippen LogP contribution is 2.18. The number of nitro groups is 1. The molecule has 8 nitrogen and oxygen atoms in total. The molecule has 1 N–H and O–H groups in total. The molecule has 0 radical (unpaired) electrons. The molecule has 9 heteroatoms. The van der Waals surface area contributed by atoms with Crippen LogP contribution in [0, 0.1) is 10.1 Å². The quantitative estimate of drug-likeness (QED) is 0.416. The van der Waals surface area contributed by atoms with Crippen LogP contribution in [-0.4, -0.2) is 29.5 Å². The second kappa shape index (κ2) is 8.95. The van der Waals surface area contributed by atoms with Gasteiger partial charge in [-0.15, -0.1) is 0 Å². The van der Waals surface area contributed by atoms with Gasteiger partial charge in [-0.3, -0.25) is 14.9 Å². The van der Waals surface area contributed by atoms with Crippen LogP contribution >= 0.6 is 15.9 Å². The van der Waals surface area contributed by atoms with E-state index >= 15 is 0 Å². The van der Waals surface area contributed by atoms with E-state index in [9.17, 15) is 19.7 Å². The number of hydrogen-bond donors (Lipinski definition) is 1. The molecule has 2 rings (SSSR count). The summed E-state index contributed by atoms with van der Waals surface area (Å²) in [7, 11) is 0. The van der Waals surface area contributed by atoms with E-state index in [-0.39, 0.29) is 12.3 Å². The fourth-order valence-corrected chi connectivity index (χ4v) is 2.27.